The molecule has 0 spiro atoms. The minimum Gasteiger partial charge on any atom is -0.300 e. The summed E-state index contributed by atoms with van der Waals surface area (Å²) in [6.45, 7) is 2.24. The quantitative estimate of drug-likeness (QED) is 0.634. The van der Waals surface area contributed by atoms with Crippen LogP contribution in [0.5, 0.6) is 0 Å². The maximum Gasteiger partial charge on any atom is 0.330 e. The first kappa shape index (κ1) is 23.4. The predicted octanol–water partition coefficient (Wildman–Crippen LogP) is 4.23. The Bertz CT molecular complexity index is 1290. The Morgan fingerprint density at radius 2 is 1.65 bits per heavy atom. The van der Waals surface area contributed by atoms with Crippen molar-refractivity contribution < 1.29 is 9.59 Å². The second-order valence-electron chi connectivity index (χ2n) is 12.4. The topological polar surface area (TPSA) is 87.5 Å². The second kappa shape index (κ2) is 8.93. The van der Waals surface area contributed by atoms with Gasteiger partial charge in [-0.3, -0.25) is 24.7 Å². The smallest absolute Gasteiger partial charge is 0.300 e. The Morgan fingerprint density at radius 1 is 0.865 bits per heavy atom. The number of carbonyl (C=O) groups is 2. The van der Waals surface area contributed by atoms with Crippen molar-refractivity contribution in [1.29, 1.82) is 0 Å². The number of aromatic nitrogens is 2. The van der Waals surface area contributed by atoms with Crippen molar-refractivity contribution in [3.05, 3.63) is 34.6 Å². The predicted molar refractivity (Wildman–Crippen MR) is 141 cm³/mol. The summed E-state index contributed by atoms with van der Waals surface area (Å²) in [7, 11) is 0. The molecule has 2 aromatic rings. The van der Waals surface area contributed by atoms with Crippen LogP contribution < -0.4 is 15.8 Å². The van der Waals surface area contributed by atoms with Crippen molar-refractivity contribution in [2.75, 3.05) is 11.4 Å². The molecule has 7 rings (SSSR count). The molecule has 0 radical (unpaired) electrons. The van der Waals surface area contributed by atoms with Gasteiger partial charge in [-0.1, -0.05) is 38.3 Å². The summed E-state index contributed by atoms with van der Waals surface area (Å²) in [6.07, 6.45) is 12.7. The number of piperidine rings is 2. The van der Waals surface area contributed by atoms with E-state index >= 15 is 0 Å². The van der Waals surface area contributed by atoms with Crippen LogP contribution in [0, 0.1) is 17.8 Å². The van der Waals surface area contributed by atoms with Gasteiger partial charge >= 0.3 is 6.03 Å². The van der Waals surface area contributed by atoms with Gasteiger partial charge in [0.15, 0.2) is 0 Å². The molecule has 8 heteroatoms. The van der Waals surface area contributed by atoms with Crippen molar-refractivity contribution in [2.24, 2.45) is 17.8 Å². The lowest BCUT2D eigenvalue weighted by atomic mass is 9.67. The number of para-hydroxylation sites is 2. The highest BCUT2D eigenvalue weighted by molar-refractivity contribution is 6.11. The number of rotatable bonds is 3. The number of urea groups is 1. The molecule has 5 fully saturated rings. The van der Waals surface area contributed by atoms with Gasteiger partial charge in [-0.05, 0) is 74.8 Å². The Hall–Kier alpha value is -2.74. The summed E-state index contributed by atoms with van der Waals surface area (Å²) < 4.78 is 1.92. The average molecular weight is 504 g/mol. The SMILES string of the molecule is C[C@@H]1CC[C@H]2C[C@@H](n3c(=O)c(N4CC(=O)NC4=O)nc4ccccc43)C[C@@H]1N2C1C[C@H]2CCC[C@@H](C1)C2. The van der Waals surface area contributed by atoms with Crippen LogP contribution in [0.2, 0.25) is 0 Å². The lowest BCUT2D eigenvalue weighted by molar-refractivity contribution is -0.117. The Labute approximate surface area is 217 Å². The zero-order chi connectivity index (χ0) is 25.3. The largest absolute Gasteiger partial charge is 0.330 e. The van der Waals surface area contributed by atoms with Crippen LogP contribution >= 0.6 is 0 Å². The van der Waals surface area contributed by atoms with E-state index < -0.39 is 11.9 Å². The molecule has 1 aromatic heterocycles. The van der Waals surface area contributed by atoms with Gasteiger partial charge in [0, 0.05) is 24.2 Å². The zero-order valence-corrected chi connectivity index (χ0v) is 21.6. The van der Waals surface area contributed by atoms with E-state index in [1.807, 2.05) is 28.8 Å². The Morgan fingerprint density at radius 3 is 2.41 bits per heavy atom. The van der Waals surface area contributed by atoms with Gasteiger partial charge in [-0.2, -0.15) is 0 Å². The first-order chi connectivity index (χ1) is 18.0. The number of benzene rings is 1. The van der Waals surface area contributed by atoms with Crippen LogP contribution in [-0.2, 0) is 4.79 Å². The normalized spacial score (nSPS) is 36.1. The van der Waals surface area contributed by atoms with Crippen LogP contribution in [0.25, 0.3) is 11.0 Å². The monoisotopic (exact) mass is 503 g/mol. The third-order valence-corrected chi connectivity index (χ3v) is 10.2. The van der Waals surface area contributed by atoms with E-state index in [0.29, 0.717) is 29.6 Å². The standard InChI is InChI=1S/C29H37N5O3/c1-17-9-10-20-14-22(15-25(17)33(20)21-12-18-5-4-6-19(11-18)13-21)34-24-8-3-2-7-23(24)30-27(28(34)36)32-16-26(35)31-29(32)37/h2-3,7-8,17-22,25H,4-6,9-16H2,1H3,(H,31,35,37)/t17-,18-,19+,20+,21?,22-,25+/m1/s1. The Balaban J connectivity index is 1.26. The van der Waals surface area contributed by atoms with Crippen LogP contribution in [0.15, 0.2) is 29.1 Å². The number of hydrogen-bond acceptors (Lipinski definition) is 5. The number of imide groups is 1. The fourth-order valence-electron chi connectivity index (χ4n) is 8.66. The van der Waals surface area contributed by atoms with Crippen molar-refractivity contribution in [3.8, 4) is 0 Å². The molecule has 2 saturated carbocycles. The van der Waals surface area contributed by atoms with Gasteiger partial charge in [-0.25, -0.2) is 9.78 Å². The molecule has 3 amide bonds. The molecule has 7 atom stereocenters. The first-order valence-electron chi connectivity index (χ1n) is 14.4. The van der Waals surface area contributed by atoms with E-state index in [1.165, 1.54) is 56.3 Å². The first-order valence-corrected chi connectivity index (χ1v) is 14.4. The van der Waals surface area contributed by atoms with Crippen LogP contribution in [0.4, 0.5) is 10.6 Å². The number of fused-ring (bicyclic) bond motifs is 5. The van der Waals surface area contributed by atoms with Crippen molar-refractivity contribution in [2.45, 2.75) is 95.3 Å². The number of carbonyl (C=O) groups excluding carboxylic acids is 2. The second-order valence-corrected chi connectivity index (χ2v) is 12.4. The van der Waals surface area contributed by atoms with Gasteiger partial charge in [-0.15, -0.1) is 0 Å². The minimum absolute atomic E-state index is 0.0533. The molecular weight excluding hydrogens is 466 g/mol. The zero-order valence-electron chi connectivity index (χ0n) is 21.6. The van der Waals surface area contributed by atoms with Gasteiger partial charge in [0.2, 0.25) is 11.7 Å². The highest BCUT2D eigenvalue weighted by atomic mass is 16.2. The lowest BCUT2D eigenvalue weighted by Gasteiger charge is -2.57. The van der Waals surface area contributed by atoms with Gasteiger partial charge in [0.25, 0.3) is 5.56 Å². The van der Waals surface area contributed by atoms with Gasteiger partial charge < -0.3 is 4.57 Å². The molecule has 5 aliphatic rings. The molecule has 1 N–H and O–H groups in total. The van der Waals surface area contributed by atoms with Crippen molar-refractivity contribution in [3.63, 3.8) is 0 Å². The number of anilines is 1. The number of nitrogens with one attached hydrogen (secondary N) is 1. The van der Waals surface area contributed by atoms with Crippen LogP contribution in [-0.4, -0.2) is 51.1 Å². The maximum absolute atomic E-state index is 14.0. The maximum atomic E-state index is 14.0. The summed E-state index contributed by atoms with van der Waals surface area (Å²) in [5, 5.41) is 2.29. The number of hydrogen-bond donors (Lipinski definition) is 1. The molecule has 196 valence electrons. The van der Waals surface area contributed by atoms with E-state index in [-0.39, 0.29) is 24.0 Å². The van der Waals surface area contributed by atoms with Crippen molar-refractivity contribution >= 4 is 28.8 Å². The summed E-state index contributed by atoms with van der Waals surface area (Å²) >= 11 is 0. The molecule has 3 aliphatic heterocycles. The highest BCUT2D eigenvalue weighted by Crippen LogP contribution is 2.48. The molecule has 1 unspecified atom stereocenters. The fourth-order valence-corrected chi connectivity index (χ4v) is 8.66. The summed E-state index contributed by atoms with van der Waals surface area (Å²) in [5.74, 6) is 2.05. The summed E-state index contributed by atoms with van der Waals surface area (Å²) in [6, 6.07) is 8.84. The molecule has 4 heterocycles. The van der Waals surface area contributed by atoms with Gasteiger partial charge in [0.1, 0.15) is 6.54 Å². The van der Waals surface area contributed by atoms with E-state index in [0.717, 1.165) is 30.2 Å². The molecule has 4 bridgehead atoms. The fraction of sp³-hybridized carbons (Fsp3) is 0.655. The number of amides is 3. The van der Waals surface area contributed by atoms with E-state index in [9.17, 15) is 14.4 Å². The highest BCUT2D eigenvalue weighted by Gasteiger charge is 2.47. The molecule has 3 saturated heterocycles. The van der Waals surface area contributed by atoms with Crippen LogP contribution in [0.1, 0.15) is 77.2 Å². The molecule has 37 heavy (non-hydrogen) atoms. The third kappa shape index (κ3) is 3.90. The summed E-state index contributed by atoms with van der Waals surface area (Å²) in [5.41, 5.74) is 1.24. The Kier molecular flexibility index (Phi) is 5.64. The molecule has 2 aliphatic carbocycles. The van der Waals surface area contributed by atoms with E-state index in [1.54, 1.807) is 0 Å². The number of nitrogens with zero attached hydrogens (tertiary/aromatic N) is 4. The summed E-state index contributed by atoms with van der Waals surface area (Å²) in [4.78, 5) is 47.1. The molecular formula is C29H37N5O3. The minimum atomic E-state index is -0.570. The van der Waals surface area contributed by atoms with Crippen LogP contribution in [0.3, 0.4) is 0 Å². The van der Waals surface area contributed by atoms with Gasteiger partial charge in [0.05, 0.1) is 11.0 Å². The van der Waals surface area contributed by atoms with Crippen molar-refractivity contribution in [1.82, 2.24) is 19.8 Å². The lowest BCUT2D eigenvalue weighted by Crippen LogP contribution is -2.61. The average Bonchev–Trinajstić information content (AvgIpc) is 3.22. The van der Waals surface area contributed by atoms with E-state index in [2.05, 4.69) is 22.1 Å². The van der Waals surface area contributed by atoms with E-state index in [4.69, 9.17) is 0 Å². The molecule has 8 nitrogen and oxygen atoms in total. The third-order valence-electron chi connectivity index (χ3n) is 10.2. The molecule has 1 aromatic carbocycles.